The molecule has 0 aliphatic heterocycles. The Morgan fingerprint density at radius 3 is 2.40 bits per heavy atom. The molecule has 0 saturated heterocycles. The predicted octanol–water partition coefficient (Wildman–Crippen LogP) is 1.46. The van der Waals surface area contributed by atoms with Crippen LogP contribution in [0.4, 0.5) is 5.69 Å². The lowest BCUT2D eigenvalue weighted by molar-refractivity contribution is -0.137. The van der Waals surface area contributed by atoms with Crippen LogP contribution in [-0.4, -0.2) is 39.2 Å². The number of aromatic nitrogens is 2. The van der Waals surface area contributed by atoms with Gasteiger partial charge in [0.2, 0.25) is 5.91 Å². The molecule has 0 aliphatic rings. The first kappa shape index (κ1) is 18.2. The molecule has 0 atom stereocenters. The number of hydrogen-bond donors (Lipinski definition) is 3. The first-order valence-corrected chi connectivity index (χ1v) is 7.79. The number of nitrogens with one attached hydrogen (secondary N) is 2. The number of rotatable bonds is 7. The molecule has 0 fully saturated rings. The van der Waals surface area contributed by atoms with Crippen molar-refractivity contribution >= 4 is 23.5 Å². The van der Waals surface area contributed by atoms with E-state index >= 15 is 0 Å². The number of carboxylic acids is 1. The Balaban J connectivity index is 1.92. The third-order valence-electron chi connectivity index (χ3n) is 3.38. The molecule has 2 rings (SSSR count). The van der Waals surface area contributed by atoms with E-state index in [0.29, 0.717) is 16.9 Å². The number of carboxylic acid groups (broad SMARTS) is 1. The fraction of sp³-hybridized carbons (Fsp3) is 0.294. The molecule has 1 aromatic heterocycles. The van der Waals surface area contributed by atoms with E-state index in [1.165, 1.54) is 0 Å². The van der Waals surface area contributed by atoms with Crippen LogP contribution in [0.3, 0.4) is 0 Å². The van der Waals surface area contributed by atoms with Gasteiger partial charge in [0.1, 0.15) is 6.54 Å². The van der Waals surface area contributed by atoms with Crippen molar-refractivity contribution in [3.8, 4) is 0 Å². The maximum absolute atomic E-state index is 12.2. The molecule has 1 aromatic carbocycles. The molecule has 0 spiro atoms. The Hall–Kier alpha value is -3.16. The number of benzene rings is 1. The van der Waals surface area contributed by atoms with Gasteiger partial charge in [0.15, 0.2) is 5.69 Å². The van der Waals surface area contributed by atoms with Crippen molar-refractivity contribution in [2.45, 2.75) is 26.3 Å². The van der Waals surface area contributed by atoms with Gasteiger partial charge in [-0.3, -0.25) is 19.1 Å². The SMILES string of the molecule is CC(C)n1ccc(C(=O)Nc2ccc(CC(=O)NCC(=O)O)cc2)n1. The highest BCUT2D eigenvalue weighted by molar-refractivity contribution is 6.02. The number of carbonyl (C=O) groups excluding carboxylic acids is 2. The lowest BCUT2D eigenvalue weighted by Crippen LogP contribution is -2.30. The predicted molar refractivity (Wildman–Crippen MR) is 91.4 cm³/mol. The second-order valence-electron chi connectivity index (χ2n) is 5.77. The molecule has 132 valence electrons. The summed E-state index contributed by atoms with van der Waals surface area (Å²) in [6.45, 7) is 3.54. The summed E-state index contributed by atoms with van der Waals surface area (Å²) in [4.78, 5) is 34.1. The molecule has 0 saturated carbocycles. The van der Waals surface area contributed by atoms with Crippen molar-refractivity contribution < 1.29 is 19.5 Å². The van der Waals surface area contributed by atoms with Crippen LogP contribution in [0.15, 0.2) is 36.5 Å². The molecule has 0 aliphatic carbocycles. The third kappa shape index (κ3) is 5.45. The highest BCUT2D eigenvalue weighted by atomic mass is 16.4. The fourth-order valence-corrected chi connectivity index (χ4v) is 2.07. The molecule has 2 amide bonds. The Kier molecular flexibility index (Phi) is 5.89. The van der Waals surface area contributed by atoms with Gasteiger partial charge >= 0.3 is 5.97 Å². The van der Waals surface area contributed by atoms with Crippen LogP contribution in [0.2, 0.25) is 0 Å². The summed E-state index contributed by atoms with van der Waals surface area (Å²) < 4.78 is 1.70. The van der Waals surface area contributed by atoms with Gasteiger partial charge in [-0.15, -0.1) is 0 Å². The van der Waals surface area contributed by atoms with Crippen molar-refractivity contribution in [1.82, 2.24) is 15.1 Å². The van der Waals surface area contributed by atoms with Crippen molar-refractivity contribution in [2.24, 2.45) is 0 Å². The molecule has 8 heteroatoms. The Bertz CT molecular complexity index is 765. The zero-order valence-corrected chi connectivity index (χ0v) is 14.0. The van der Waals surface area contributed by atoms with Gasteiger partial charge in [-0.05, 0) is 37.6 Å². The Morgan fingerprint density at radius 2 is 1.84 bits per heavy atom. The zero-order valence-electron chi connectivity index (χ0n) is 14.0. The third-order valence-corrected chi connectivity index (χ3v) is 3.38. The highest BCUT2D eigenvalue weighted by Crippen LogP contribution is 2.12. The van der Waals surface area contributed by atoms with E-state index in [1.54, 1.807) is 41.2 Å². The van der Waals surface area contributed by atoms with E-state index in [2.05, 4.69) is 15.7 Å². The van der Waals surface area contributed by atoms with E-state index < -0.39 is 12.5 Å². The van der Waals surface area contributed by atoms with E-state index in [9.17, 15) is 14.4 Å². The number of hydrogen-bond acceptors (Lipinski definition) is 4. The highest BCUT2D eigenvalue weighted by Gasteiger charge is 2.11. The summed E-state index contributed by atoms with van der Waals surface area (Å²) in [5.74, 6) is -1.78. The molecular formula is C17H20N4O4. The molecule has 0 bridgehead atoms. The van der Waals surface area contributed by atoms with Gasteiger partial charge in [0, 0.05) is 17.9 Å². The van der Waals surface area contributed by atoms with Gasteiger partial charge < -0.3 is 15.7 Å². The van der Waals surface area contributed by atoms with Crippen molar-refractivity contribution in [1.29, 1.82) is 0 Å². The second-order valence-corrected chi connectivity index (χ2v) is 5.77. The quantitative estimate of drug-likeness (QED) is 0.704. The summed E-state index contributed by atoms with van der Waals surface area (Å²) in [5.41, 5.74) is 1.62. The molecular weight excluding hydrogens is 324 g/mol. The normalized spacial score (nSPS) is 10.5. The van der Waals surface area contributed by atoms with Crippen LogP contribution >= 0.6 is 0 Å². The van der Waals surface area contributed by atoms with Crippen LogP contribution in [0.5, 0.6) is 0 Å². The smallest absolute Gasteiger partial charge is 0.322 e. The van der Waals surface area contributed by atoms with E-state index in [0.717, 1.165) is 0 Å². The largest absolute Gasteiger partial charge is 0.480 e. The molecule has 2 aromatic rings. The second kappa shape index (κ2) is 8.09. The molecule has 8 nitrogen and oxygen atoms in total. The Morgan fingerprint density at radius 1 is 1.16 bits per heavy atom. The van der Waals surface area contributed by atoms with E-state index in [-0.39, 0.29) is 24.3 Å². The lowest BCUT2D eigenvalue weighted by atomic mass is 10.1. The van der Waals surface area contributed by atoms with Crippen LogP contribution in [0, 0.1) is 0 Å². The number of anilines is 1. The summed E-state index contributed by atoms with van der Waals surface area (Å²) in [5, 5.41) is 17.7. The fourth-order valence-electron chi connectivity index (χ4n) is 2.07. The first-order valence-electron chi connectivity index (χ1n) is 7.79. The average molecular weight is 344 g/mol. The lowest BCUT2D eigenvalue weighted by Gasteiger charge is -2.06. The summed E-state index contributed by atoms with van der Waals surface area (Å²) in [7, 11) is 0. The minimum Gasteiger partial charge on any atom is -0.480 e. The zero-order chi connectivity index (χ0) is 18.4. The van der Waals surface area contributed by atoms with Gasteiger partial charge in [-0.1, -0.05) is 12.1 Å². The van der Waals surface area contributed by atoms with Gasteiger partial charge in [-0.25, -0.2) is 0 Å². The molecule has 1 heterocycles. The van der Waals surface area contributed by atoms with Gasteiger partial charge in [0.05, 0.1) is 6.42 Å². The summed E-state index contributed by atoms with van der Waals surface area (Å²) >= 11 is 0. The van der Waals surface area contributed by atoms with Gasteiger partial charge in [0.25, 0.3) is 5.91 Å². The van der Waals surface area contributed by atoms with Crippen molar-refractivity contribution in [3.63, 3.8) is 0 Å². The topological polar surface area (TPSA) is 113 Å². The average Bonchev–Trinajstić information content (AvgIpc) is 3.05. The van der Waals surface area contributed by atoms with Crippen molar-refractivity contribution in [3.05, 3.63) is 47.8 Å². The molecule has 3 N–H and O–H groups in total. The molecule has 0 unspecified atom stereocenters. The van der Waals surface area contributed by atoms with Crippen LogP contribution < -0.4 is 10.6 Å². The number of nitrogens with zero attached hydrogens (tertiary/aromatic N) is 2. The van der Waals surface area contributed by atoms with Gasteiger partial charge in [-0.2, -0.15) is 5.10 Å². The maximum atomic E-state index is 12.2. The van der Waals surface area contributed by atoms with Crippen molar-refractivity contribution in [2.75, 3.05) is 11.9 Å². The number of carbonyl (C=O) groups is 3. The minimum atomic E-state index is -1.09. The summed E-state index contributed by atoms with van der Waals surface area (Å²) in [6.07, 6.45) is 1.82. The monoisotopic (exact) mass is 344 g/mol. The summed E-state index contributed by atoms with van der Waals surface area (Å²) in [6, 6.07) is 8.57. The minimum absolute atomic E-state index is 0.0697. The molecule has 25 heavy (non-hydrogen) atoms. The van der Waals surface area contributed by atoms with Crippen LogP contribution in [0.1, 0.15) is 35.9 Å². The van der Waals surface area contributed by atoms with E-state index in [4.69, 9.17) is 5.11 Å². The first-order chi connectivity index (χ1) is 11.8. The standard InChI is InChI=1S/C17H20N4O4/c1-11(2)21-8-7-14(20-21)17(25)19-13-5-3-12(4-6-13)9-15(22)18-10-16(23)24/h3-8,11H,9-10H2,1-2H3,(H,18,22)(H,19,25)(H,23,24). The molecule has 0 radical (unpaired) electrons. The van der Waals surface area contributed by atoms with E-state index in [1.807, 2.05) is 13.8 Å². The maximum Gasteiger partial charge on any atom is 0.322 e. The number of aliphatic carboxylic acids is 1. The van der Waals surface area contributed by atoms with Crippen LogP contribution in [-0.2, 0) is 16.0 Å². The Labute approximate surface area is 144 Å². The van der Waals surface area contributed by atoms with Crippen LogP contribution in [0.25, 0.3) is 0 Å². The number of amides is 2.